The average Bonchev–Trinajstić information content (AvgIpc) is 3.11. The van der Waals surface area contributed by atoms with Gasteiger partial charge in [0.25, 0.3) is 5.91 Å². The van der Waals surface area contributed by atoms with E-state index in [2.05, 4.69) is 5.32 Å². The fraction of sp³-hybridized carbons (Fsp3) is 0.192. The standard InChI is InChI=1S/C26H23Cl3N4O2/c27-19-10-6-17(7-11-19)23(34)16-33-22-5-3-4-21(29)24(22)32(26(33)30)15-2-1-14-31-25(35)18-8-12-20(28)13-9-18/h3-13,30H,1-2,14-16H2,(H,31,35). The van der Waals surface area contributed by atoms with Crippen molar-refractivity contribution in [1.29, 1.82) is 5.41 Å². The van der Waals surface area contributed by atoms with E-state index in [4.69, 9.17) is 40.2 Å². The van der Waals surface area contributed by atoms with Crippen molar-refractivity contribution in [3.8, 4) is 0 Å². The Morgan fingerprint density at radius 2 is 1.43 bits per heavy atom. The molecule has 0 unspecified atom stereocenters. The van der Waals surface area contributed by atoms with Gasteiger partial charge >= 0.3 is 0 Å². The van der Waals surface area contributed by atoms with E-state index in [0.29, 0.717) is 57.6 Å². The van der Waals surface area contributed by atoms with E-state index in [0.717, 1.165) is 5.52 Å². The number of fused-ring (bicyclic) bond motifs is 1. The zero-order valence-electron chi connectivity index (χ0n) is 18.7. The van der Waals surface area contributed by atoms with Crippen LogP contribution in [0.3, 0.4) is 0 Å². The summed E-state index contributed by atoms with van der Waals surface area (Å²) in [6.45, 7) is 1.04. The predicted octanol–water partition coefficient (Wildman–Crippen LogP) is 5.98. The number of halogens is 3. The second kappa shape index (κ2) is 11.1. The van der Waals surface area contributed by atoms with Gasteiger partial charge < -0.3 is 14.5 Å². The SMILES string of the molecule is N=c1n(CC(=O)c2ccc(Cl)cc2)c2cccc(Cl)c2n1CCCCNC(=O)c1ccc(Cl)cc1. The zero-order valence-corrected chi connectivity index (χ0v) is 21.0. The van der Waals surface area contributed by atoms with Crippen LogP contribution in [0.4, 0.5) is 0 Å². The lowest BCUT2D eigenvalue weighted by atomic mass is 10.1. The number of aryl methyl sites for hydroxylation is 1. The van der Waals surface area contributed by atoms with E-state index in [9.17, 15) is 9.59 Å². The number of carbonyl (C=O) groups is 2. The Balaban J connectivity index is 1.45. The highest BCUT2D eigenvalue weighted by Crippen LogP contribution is 2.23. The van der Waals surface area contributed by atoms with Gasteiger partial charge in [-0.3, -0.25) is 15.0 Å². The summed E-state index contributed by atoms with van der Waals surface area (Å²) in [6.07, 6.45) is 1.43. The number of ketones is 1. The third-order valence-corrected chi connectivity index (χ3v) is 6.51. The van der Waals surface area contributed by atoms with E-state index < -0.39 is 0 Å². The van der Waals surface area contributed by atoms with Crippen LogP contribution in [-0.4, -0.2) is 27.4 Å². The Bertz CT molecular complexity index is 1420. The molecule has 0 aliphatic rings. The molecule has 0 aliphatic heterocycles. The number of carbonyl (C=O) groups excluding carboxylic acids is 2. The minimum absolute atomic E-state index is 0.0153. The summed E-state index contributed by atoms with van der Waals surface area (Å²) in [7, 11) is 0. The number of Topliss-reactive ketones (excluding diaryl/α,β-unsaturated/α-hetero) is 1. The van der Waals surface area contributed by atoms with Gasteiger partial charge in [0.2, 0.25) is 5.62 Å². The highest BCUT2D eigenvalue weighted by atomic mass is 35.5. The maximum Gasteiger partial charge on any atom is 0.251 e. The fourth-order valence-electron chi connectivity index (χ4n) is 3.90. The Morgan fingerprint density at radius 3 is 2.09 bits per heavy atom. The van der Waals surface area contributed by atoms with Crippen LogP contribution in [-0.2, 0) is 13.1 Å². The third-order valence-electron chi connectivity index (χ3n) is 5.71. The summed E-state index contributed by atoms with van der Waals surface area (Å²) < 4.78 is 3.48. The number of imidazole rings is 1. The maximum absolute atomic E-state index is 12.9. The number of unbranched alkanes of at least 4 members (excludes halogenated alkanes) is 1. The van der Waals surface area contributed by atoms with Crippen molar-refractivity contribution in [3.05, 3.63) is 98.5 Å². The molecular weight excluding hydrogens is 507 g/mol. The molecule has 180 valence electrons. The minimum Gasteiger partial charge on any atom is -0.352 e. The van der Waals surface area contributed by atoms with Crippen molar-refractivity contribution in [2.45, 2.75) is 25.9 Å². The summed E-state index contributed by atoms with van der Waals surface area (Å²) in [4.78, 5) is 25.1. The highest BCUT2D eigenvalue weighted by Gasteiger charge is 2.16. The molecule has 0 saturated carbocycles. The van der Waals surface area contributed by atoms with Crippen molar-refractivity contribution in [3.63, 3.8) is 0 Å². The molecule has 0 atom stereocenters. The quantitative estimate of drug-likeness (QED) is 0.207. The van der Waals surface area contributed by atoms with E-state index >= 15 is 0 Å². The van der Waals surface area contributed by atoms with Crippen LogP contribution in [0.5, 0.6) is 0 Å². The number of hydrogen-bond acceptors (Lipinski definition) is 3. The molecule has 1 heterocycles. The molecule has 0 saturated heterocycles. The number of rotatable bonds is 9. The van der Waals surface area contributed by atoms with Gasteiger partial charge in [-0.2, -0.15) is 0 Å². The lowest BCUT2D eigenvalue weighted by Crippen LogP contribution is -2.28. The van der Waals surface area contributed by atoms with E-state index in [1.54, 1.807) is 59.2 Å². The number of aromatic nitrogens is 2. The number of amides is 1. The summed E-state index contributed by atoms with van der Waals surface area (Å²) in [5.74, 6) is -0.278. The monoisotopic (exact) mass is 528 g/mol. The molecule has 1 aromatic heterocycles. The van der Waals surface area contributed by atoms with Crippen LogP contribution in [0.2, 0.25) is 15.1 Å². The zero-order chi connectivity index (χ0) is 24.9. The molecule has 4 rings (SSSR count). The summed E-state index contributed by atoms with van der Waals surface area (Å²) in [5, 5.41) is 13.3. The number of benzene rings is 3. The molecule has 6 nitrogen and oxygen atoms in total. The molecule has 0 bridgehead atoms. The Hall–Kier alpha value is -3.06. The van der Waals surface area contributed by atoms with Crippen molar-refractivity contribution in [2.24, 2.45) is 0 Å². The first-order valence-electron chi connectivity index (χ1n) is 11.1. The van der Waals surface area contributed by atoms with Gasteiger partial charge in [0.15, 0.2) is 5.78 Å². The molecule has 0 aliphatic carbocycles. The molecule has 3 aromatic carbocycles. The predicted molar refractivity (Wildman–Crippen MR) is 140 cm³/mol. The minimum atomic E-state index is -0.157. The van der Waals surface area contributed by atoms with Crippen LogP contribution in [0.15, 0.2) is 66.7 Å². The first-order chi connectivity index (χ1) is 16.8. The van der Waals surface area contributed by atoms with E-state index in [1.165, 1.54) is 0 Å². The van der Waals surface area contributed by atoms with Crippen molar-refractivity contribution in [2.75, 3.05) is 6.54 Å². The van der Waals surface area contributed by atoms with Crippen LogP contribution < -0.4 is 10.9 Å². The van der Waals surface area contributed by atoms with E-state index in [1.807, 2.05) is 16.7 Å². The number of para-hydroxylation sites is 1. The first-order valence-corrected chi connectivity index (χ1v) is 12.2. The molecule has 0 fully saturated rings. The van der Waals surface area contributed by atoms with Gasteiger partial charge in [-0.15, -0.1) is 0 Å². The third kappa shape index (κ3) is 5.78. The van der Waals surface area contributed by atoms with Gasteiger partial charge in [0, 0.05) is 34.3 Å². The summed E-state index contributed by atoms with van der Waals surface area (Å²) >= 11 is 18.3. The number of nitrogens with one attached hydrogen (secondary N) is 2. The molecular formula is C26H23Cl3N4O2. The Labute approximate surface area is 217 Å². The second-order valence-corrected chi connectivity index (χ2v) is 9.35. The van der Waals surface area contributed by atoms with Crippen molar-refractivity contribution >= 4 is 57.5 Å². The molecule has 1 amide bonds. The number of nitrogens with zero attached hydrogens (tertiary/aromatic N) is 2. The Morgan fingerprint density at radius 1 is 0.800 bits per heavy atom. The van der Waals surface area contributed by atoms with Crippen LogP contribution in [0.1, 0.15) is 33.6 Å². The van der Waals surface area contributed by atoms with Crippen LogP contribution >= 0.6 is 34.8 Å². The van der Waals surface area contributed by atoms with Gasteiger partial charge in [-0.1, -0.05) is 40.9 Å². The van der Waals surface area contributed by atoms with E-state index in [-0.39, 0.29) is 23.9 Å². The molecule has 35 heavy (non-hydrogen) atoms. The lowest BCUT2D eigenvalue weighted by molar-refractivity contribution is 0.0950. The Kier molecular flexibility index (Phi) is 7.96. The lowest BCUT2D eigenvalue weighted by Gasteiger charge is -2.07. The maximum atomic E-state index is 12.9. The number of hydrogen-bond donors (Lipinski definition) is 2. The highest BCUT2D eigenvalue weighted by molar-refractivity contribution is 6.35. The van der Waals surface area contributed by atoms with Crippen molar-refractivity contribution < 1.29 is 9.59 Å². The molecule has 2 N–H and O–H groups in total. The average molecular weight is 530 g/mol. The second-order valence-electron chi connectivity index (χ2n) is 8.07. The molecule has 4 aromatic rings. The summed E-state index contributed by atoms with van der Waals surface area (Å²) in [5.41, 5.74) is 2.72. The molecule has 9 heteroatoms. The smallest absolute Gasteiger partial charge is 0.251 e. The van der Waals surface area contributed by atoms with Gasteiger partial charge in [-0.05, 0) is 73.5 Å². The van der Waals surface area contributed by atoms with Gasteiger partial charge in [-0.25, -0.2) is 0 Å². The molecule has 0 spiro atoms. The van der Waals surface area contributed by atoms with Gasteiger partial charge in [0.1, 0.15) is 0 Å². The topological polar surface area (TPSA) is 79.9 Å². The normalized spacial score (nSPS) is 11.1. The van der Waals surface area contributed by atoms with Gasteiger partial charge in [0.05, 0.1) is 22.6 Å². The van der Waals surface area contributed by atoms with Crippen LogP contribution in [0.25, 0.3) is 11.0 Å². The molecule has 0 radical (unpaired) electrons. The summed E-state index contributed by atoms with van der Waals surface area (Å²) in [6, 6.07) is 18.9. The van der Waals surface area contributed by atoms with Crippen molar-refractivity contribution in [1.82, 2.24) is 14.5 Å². The largest absolute Gasteiger partial charge is 0.352 e. The fourth-order valence-corrected chi connectivity index (χ4v) is 4.43. The first kappa shape index (κ1) is 25.0. The van der Waals surface area contributed by atoms with Crippen LogP contribution in [0, 0.1) is 5.41 Å².